The van der Waals surface area contributed by atoms with Crippen molar-refractivity contribution in [1.82, 2.24) is 25.6 Å². The lowest BCUT2D eigenvalue weighted by Crippen LogP contribution is -2.27. The van der Waals surface area contributed by atoms with Gasteiger partial charge in [-0.15, -0.1) is 5.10 Å². The van der Waals surface area contributed by atoms with Crippen molar-refractivity contribution in [2.45, 2.75) is 6.92 Å². The molecule has 0 fully saturated rings. The van der Waals surface area contributed by atoms with Gasteiger partial charge in [0.2, 0.25) is 0 Å². The van der Waals surface area contributed by atoms with Gasteiger partial charge in [0, 0.05) is 11.1 Å². The van der Waals surface area contributed by atoms with Crippen LogP contribution >= 0.6 is 0 Å². The van der Waals surface area contributed by atoms with Crippen molar-refractivity contribution < 1.29 is 14.3 Å². The molecule has 174 valence electrons. The highest BCUT2D eigenvalue weighted by Gasteiger charge is 2.19. The Labute approximate surface area is 201 Å². The number of tetrazole rings is 1. The van der Waals surface area contributed by atoms with E-state index in [-0.39, 0.29) is 5.70 Å². The molecule has 1 heterocycles. The number of nitrogens with zero attached hydrogens (tertiary/aromatic N) is 5. The molecule has 0 aliphatic heterocycles. The van der Waals surface area contributed by atoms with E-state index in [1.807, 2.05) is 91.0 Å². The van der Waals surface area contributed by atoms with Crippen molar-refractivity contribution in [3.8, 4) is 0 Å². The van der Waals surface area contributed by atoms with Gasteiger partial charge < -0.3 is 4.74 Å². The first-order valence-corrected chi connectivity index (χ1v) is 10.8. The summed E-state index contributed by atoms with van der Waals surface area (Å²) in [6.07, 6.45) is 1.59. The molecule has 0 aliphatic carbocycles. The molecule has 0 spiro atoms. The van der Waals surface area contributed by atoms with Crippen molar-refractivity contribution in [2.75, 3.05) is 6.61 Å². The summed E-state index contributed by atoms with van der Waals surface area (Å²) in [7, 11) is 0. The Morgan fingerprint density at radius 1 is 0.914 bits per heavy atom. The summed E-state index contributed by atoms with van der Waals surface area (Å²) in [5, 5.41) is 15.5. The zero-order valence-corrected chi connectivity index (χ0v) is 18.9. The molecule has 9 heteroatoms. The Morgan fingerprint density at radius 2 is 1.49 bits per heavy atom. The second kappa shape index (κ2) is 11.3. The first-order valence-electron chi connectivity index (χ1n) is 10.8. The maximum Gasteiger partial charge on any atom is 0.357 e. The van der Waals surface area contributed by atoms with Crippen LogP contribution in [0.2, 0.25) is 0 Å². The third-order valence-electron chi connectivity index (χ3n) is 4.89. The summed E-state index contributed by atoms with van der Waals surface area (Å²) >= 11 is 0. The molecule has 35 heavy (non-hydrogen) atoms. The minimum atomic E-state index is -0.755. The van der Waals surface area contributed by atoms with Crippen molar-refractivity contribution in [1.29, 1.82) is 0 Å². The summed E-state index contributed by atoms with van der Waals surface area (Å²) in [5.41, 5.74) is 5.54. The van der Waals surface area contributed by atoms with E-state index in [1.165, 1.54) is 4.68 Å². The van der Waals surface area contributed by atoms with Gasteiger partial charge in [0.05, 0.1) is 5.71 Å². The van der Waals surface area contributed by atoms with E-state index in [1.54, 1.807) is 13.0 Å². The molecule has 4 aromatic rings. The molecule has 3 aromatic carbocycles. The number of rotatable bonds is 8. The molecule has 0 unspecified atom stereocenters. The number of nitrogens with one attached hydrogen (secondary N) is 1. The number of esters is 1. The Bertz CT molecular complexity index is 1310. The summed E-state index contributed by atoms with van der Waals surface area (Å²) < 4.78 is 6.51. The molecular formula is C26H22N6O3. The number of ether oxygens (including phenoxy) is 1. The van der Waals surface area contributed by atoms with Crippen LogP contribution in [0.5, 0.6) is 0 Å². The quantitative estimate of drug-likeness (QED) is 0.185. The monoisotopic (exact) mass is 466 g/mol. The topological polar surface area (TPSA) is 111 Å². The molecule has 1 aromatic heterocycles. The van der Waals surface area contributed by atoms with Crippen LogP contribution in [0.25, 0.3) is 11.8 Å². The van der Waals surface area contributed by atoms with Crippen LogP contribution in [-0.4, -0.2) is 44.4 Å². The number of hydrazone groups is 1. The van der Waals surface area contributed by atoms with Gasteiger partial charge in [-0.25, -0.2) is 10.2 Å². The van der Waals surface area contributed by atoms with E-state index in [0.29, 0.717) is 11.5 Å². The van der Waals surface area contributed by atoms with Crippen LogP contribution in [0, 0.1) is 6.92 Å². The fraction of sp³-hybridized carbons (Fsp3) is 0.0769. The standard InChI is InChI=1S/C26H22N6O3/c1-19-27-30-31-32(19)23(17-20-11-5-2-6-12-20)26(34)35-18-24(33)28-29-25(21-13-7-3-8-14-21)22-15-9-4-10-16-22/h2-17H,18H2,1H3,(H,28,33)/b23-17-. The van der Waals surface area contributed by atoms with E-state index in [9.17, 15) is 9.59 Å². The van der Waals surface area contributed by atoms with Gasteiger partial charge in [-0.2, -0.15) is 9.78 Å². The average Bonchev–Trinajstić information content (AvgIpc) is 3.33. The predicted molar refractivity (Wildman–Crippen MR) is 131 cm³/mol. The Balaban J connectivity index is 1.48. The van der Waals surface area contributed by atoms with Crippen LogP contribution < -0.4 is 5.43 Å². The molecule has 1 amide bonds. The van der Waals surface area contributed by atoms with Gasteiger partial charge in [-0.3, -0.25) is 4.79 Å². The Morgan fingerprint density at radius 3 is 2.03 bits per heavy atom. The maximum atomic E-state index is 12.9. The van der Waals surface area contributed by atoms with E-state index in [2.05, 4.69) is 26.1 Å². The molecule has 0 radical (unpaired) electrons. The number of aromatic nitrogens is 4. The van der Waals surface area contributed by atoms with Crippen LogP contribution in [0.15, 0.2) is 96.1 Å². The van der Waals surface area contributed by atoms with Crippen LogP contribution in [-0.2, 0) is 14.3 Å². The van der Waals surface area contributed by atoms with E-state index in [0.717, 1.165) is 16.7 Å². The number of benzene rings is 3. The van der Waals surface area contributed by atoms with E-state index >= 15 is 0 Å². The zero-order chi connectivity index (χ0) is 24.5. The average molecular weight is 467 g/mol. The van der Waals surface area contributed by atoms with Crippen molar-refractivity contribution >= 4 is 29.4 Å². The van der Waals surface area contributed by atoms with Crippen LogP contribution in [0.3, 0.4) is 0 Å². The van der Waals surface area contributed by atoms with Gasteiger partial charge >= 0.3 is 5.97 Å². The minimum absolute atomic E-state index is 0.0734. The molecule has 4 rings (SSSR count). The summed E-state index contributed by atoms with van der Waals surface area (Å²) in [6, 6.07) is 28.1. The molecule has 1 N–H and O–H groups in total. The van der Waals surface area contributed by atoms with Gasteiger partial charge in [-0.05, 0) is 29.0 Å². The molecule has 0 atom stereocenters. The first kappa shape index (κ1) is 23.2. The fourth-order valence-corrected chi connectivity index (χ4v) is 3.21. The molecule has 0 saturated heterocycles. The maximum absolute atomic E-state index is 12.9. The smallest absolute Gasteiger partial charge is 0.357 e. The van der Waals surface area contributed by atoms with Crippen molar-refractivity contribution in [3.63, 3.8) is 0 Å². The number of hydrogen-bond donors (Lipinski definition) is 1. The largest absolute Gasteiger partial charge is 0.451 e. The Kier molecular flexibility index (Phi) is 7.49. The number of carbonyl (C=O) groups excluding carboxylic acids is 2. The lowest BCUT2D eigenvalue weighted by molar-refractivity contribution is -0.143. The minimum Gasteiger partial charge on any atom is -0.451 e. The molecule has 9 nitrogen and oxygen atoms in total. The Hall–Kier alpha value is -4.92. The normalized spacial score (nSPS) is 10.9. The summed E-state index contributed by atoms with van der Waals surface area (Å²) in [4.78, 5) is 25.3. The molecule has 0 bridgehead atoms. The molecular weight excluding hydrogens is 444 g/mol. The molecule has 0 aliphatic rings. The predicted octanol–water partition coefficient (Wildman–Crippen LogP) is 3.09. The lowest BCUT2D eigenvalue weighted by atomic mass is 10.0. The number of carbonyl (C=O) groups is 2. The van der Waals surface area contributed by atoms with Gasteiger partial charge in [0.25, 0.3) is 5.91 Å². The van der Waals surface area contributed by atoms with Gasteiger partial charge in [0.1, 0.15) is 0 Å². The lowest BCUT2D eigenvalue weighted by Gasteiger charge is -2.10. The van der Waals surface area contributed by atoms with Gasteiger partial charge in [0.15, 0.2) is 18.1 Å². The van der Waals surface area contributed by atoms with Crippen molar-refractivity contribution in [2.24, 2.45) is 5.10 Å². The number of aryl methyl sites for hydroxylation is 1. The number of amides is 1. The second-order valence-corrected chi connectivity index (χ2v) is 7.38. The second-order valence-electron chi connectivity index (χ2n) is 7.38. The van der Waals surface area contributed by atoms with E-state index < -0.39 is 18.5 Å². The molecule has 0 saturated carbocycles. The zero-order valence-electron chi connectivity index (χ0n) is 18.9. The summed E-state index contributed by atoms with van der Waals surface area (Å²) in [6.45, 7) is 1.12. The SMILES string of the molecule is Cc1nnnn1/C(=C\c1ccccc1)C(=O)OCC(=O)NN=C(c1ccccc1)c1ccccc1. The van der Waals surface area contributed by atoms with Crippen LogP contribution in [0.1, 0.15) is 22.5 Å². The highest BCUT2D eigenvalue weighted by atomic mass is 16.5. The summed E-state index contributed by atoms with van der Waals surface area (Å²) in [5.74, 6) is -0.946. The van der Waals surface area contributed by atoms with Crippen LogP contribution in [0.4, 0.5) is 0 Å². The third kappa shape index (κ3) is 6.11. The number of hydrogen-bond acceptors (Lipinski definition) is 7. The first-order chi connectivity index (χ1) is 17.1. The van der Waals surface area contributed by atoms with Crippen molar-refractivity contribution in [3.05, 3.63) is 114 Å². The highest BCUT2D eigenvalue weighted by molar-refractivity contribution is 6.16. The fourth-order valence-electron chi connectivity index (χ4n) is 3.21. The van der Waals surface area contributed by atoms with E-state index in [4.69, 9.17) is 4.74 Å². The highest BCUT2D eigenvalue weighted by Crippen LogP contribution is 2.14. The van der Waals surface area contributed by atoms with Gasteiger partial charge in [-0.1, -0.05) is 91.0 Å². The third-order valence-corrected chi connectivity index (χ3v) is 4.89.